The molecule has 2 N–H and O–H groups in total. The van der Waals surface area contributed by atoms with E-state index in [1.54, 1.807) is 6.21 Å². The maximum Gasteiger partial charge on any atom is 0.240 e. The molecule has 4 heteroatoms. The molecule has 0 unspecified atom stereocenters. The van der Waals surface area contributed by atoms with Gasteiger partial charge < -0.3 is 5.11 Å². The number of amides is 1. The highest BCUT2D eigenvalue weighted by molar-refractivity contribution is 5.82. The van der Waals surface area contributed by atoms with Crippen LogP contribution in [0.25, 0.3) is 0 Å². The highest BCUT2D eigenvalue weighted by Crippen LogP contribution is 2.39. The average Bonchev–Trinajstić information content (AvgIpc) is 2.65. The lowest BCUT2D eigenvalue weighted by Crippen LogP contribution is -2.20. The first-order chi connectivity index (χ1) is 14.3. The lowest BCUT2D eigenvalue weighted by Gasteiger charge is -2.28. The minimum atomic E-state index is -0.183. The quantitative estimate of drug-likeness (QED) is 0.430. The molecule has 168 valence electrons. The van der Waals surface area contributed by atoms with Crippen LogP contribution in [0.3, 0.4) is 0 Å². The molecule has 0 saturated heterocycles. The van der Waals surface area contributed by atoms with Gasteiger partial charge in [0.15, 0.2) is 0 Å². The SMILES string of the molecule is CC(C)c1ccc(C=NNC(=O)CCc2cc(C(C)(C)C)c(O)c(C(C)(C)C)c2)cc1. The Kier molecular flexibility index (Phi) is 7.69. The summed E-state index contributed by atoms with van der Waals surface area (Å²) in [6, 6.07) is 12.2. The molecule has 0 spiro atoms. The molecule has 0 heterocycles. The first kappa shape index (κ1) is 24.6. The molecular weight excluding hydrogens is 384 g/mol. The number of hydrogen-bond acceptors (Lipinski definition) is 3. The monoisotopic (exact) mass is 422 g/mol. The van der Waals surface area contributed by atoms with E-state index in [1.165, 1.54) is 5.56 Å². The summed E-state index contributed by atoms with van der Waals surface area (Å²) in [5.74, 6) is 0.724. The van der Waals surface area contributed by atoms with Crippen LogP contribution in [-0.4, -0.2) is 17.2 Å². The number of nitrogens with one attached hydrogen (secondary N) is 1. The van der Waals surface area contributed by atoms with Gasteiger partial charge in [0, 0.05) is 6.42 Å². The fourth-order valence-corrected chi connectivity index (χ4v) is 3.44. The van der Waals surface area contributed by atoms with E-state index in [-0.39, 0.29) is 16.7 Å². The summed E-state index contributed by atoms with van der Waals surface area (Å²) >= 11 is 0. The molecular formula is C27H38N2O2. The Morgan fingerprint density at radius 3 is 1.97 bits per heavy atom. The maximum atomic E-state index is 12.3. The smallest absolute Gasteiger partial charge is 0.240 e. The van der Waals surface area contributed by atoms with Gasteiger partial charge in [-0.1, -0.05) is 91.8 Å². The minimum Gasteiger partial charge on any atom is -0.507 e. The number of rotatable bonds is 6. The van der Waals surface area contributed by atoms with Crippen LogP contribution < -0.4 is 5.43 Å². The van der Waals surface area contributed by atoms with Crippen molar-refractivity contribution >= 4 is 12.1 Å². The highest BCUT2D eigenvalue weighted by atomic mass is 16.3. The largest absolute Gasteiger partial charge is 0.507 e. The molecule has 0 radical (unpaired) electrons. The topological polar surface area (TPSA) is 61.7 Å². The molecule has 0 fully saturated rings. The van der Waals surface area contributed by atoms with Crippen molar-refractivity contribution in [3.05, 3.63) is 64.2 Å². The third-order valence-corrected chi connectivity index (χ3v) is 5.43. The second kappa shape index (κ2) is 9.67. The van der Waals surface area contributed by atoms with Gasteiger partial charge in [-0.2, -0.15) is 5.10 Å². The molecule has 0 bridgehead atoms. The number of carbonyl (C=O) groups is 1. The molecule has 31 heavy (non-hydrogen) atoms. The summed E-state index contributed by atoms with van der Waals surface area (Å²) in [5.41, 5.74) is 7.37. The standard InChI is InChI=1S/C27H38N2O2/c1-18(2)21-12-9-19(10-13-21)17-28-29-24(30)14-11-20-15-22(26(3,4)5)25(31)23(16-20)27(6,7)8/h9-10,12-13,15-18,31H,11,14H2,1-8H3,(H,29,30). The van der Waals surface area contributed by atoms with E-state index in [0.29, 0.717) is 24.5 Å². The average molecular weight is 423 g/mol. The summed E-state index contributed by atoms with van der Waals surface area (Å²) in [6.07, 6.45) is 2.59. The van der Waals surface area contributed by atoms with Crippen LogP contribution in [0.4, 0.5) is 0 Å². The molecule has 0 aliphatic heterocycles. The number of hydrogen-bond donors (Lipinski definition) is 2. The van der Waals surface area contributed by atoms with Gasteiger partial charge in [-0.25, -0.2) is 5.43 Å². The zero-order valence-electron chi connectivity index (χ0n) is 20.3. The number of phenols is 1. The van der Waals surface area contributed by atoms with Crippen molar-refractivity contribution in [3.8, 4) is 5.75 Å². The molecule has 2 rings (SSSR count). The Bertz CT molecular complexity index is 892. The minimum absolute atomic E-state index is 0.127. The maximum absolute atomic E-state index is 12.3. The van der Waals surface area contributed by atoms with Crippen molar-refractivity contribution in [3.63, 3.8) is 0 Å². The van der Waals surface area contributed by atoms with Gasteiger partial charge in [0.1, 0.15) is 5.75 Å². The van der Waals surface area contributed by atoms with Gasteiger partial charge >= 0.3 is 0 Å². The van der Waals surface area contributed by atoms with Crippen LogP contribution >= 0.6 is 0 Å². The van der Waals surface area contributed by atoms with E-state index < -0.39 is 0 Å². The number of aromatic hydroxyl groups is 1. The third kappa shape index (κ3) is 6.95. The second-order valence-corrected chi connectivity index (χ2v) is 10.7. The predicted octanol–water partition coefficient (Wildman–Crippen LogP) is 6.19. The number of hydrazone groups is 1. The van der Waals surface area contributed by atoms with Crippen molar-refractivity contribution in [1.82, 2.24) is 5.43 Å². The van der Waals surface area contributed by atoms with Crippen LogP contribution in [0, 0.1) is 0 Å². The highest BCUT2D eigenvalue weighted by Gasteiger charge is 2.26. The van der Waals surface area contributed by atoms with E-state index in [0.717, 1.165) is 22.3 Å². The summed E-state index contributed by atoms with van der Waals surface area (Å²) < 4.78 is 0. The lowest BCUT2D eigenvalue weighted by molar-refractivity contribution is -0.121. The molecule has 1 amide bonds. The number of phenolic OH excluding ortho intramolecular Hbond substituents is 1. The summed E-state index contributed by atoms with van der Waals surface area (Å²) in [7, 11) is 0. The molecule has 0 aliphatic carbocycles. The van der Waals surface area contributed by atoms with E-state index in [1.807, 2.05) is 24.3 Å². The Morgan fingerprint density at radius 2 is 1.52 bits per heavy atom. The van der Waals surface area contributed by atoms with Crippen LogP contribution in [0.5, 0.6) is 5.75 Å². The number of nitrogens with zero attached hydrogens (tertiary/aromatic N) is 1. The summed E-state index contributed by atoms with van der Waals surface area (Å²) in [4.78, 5) is 12.3. The van der Waals surface area contributed by atoms with Crippen LogP contribution in [0.15, 0.2) is 41.5 Å². The predicted molar refractivity (Wildman–Crippen MR) is 130 cm³/mol. The Balaban J connectivity index is 2.05. The Morgan fingerprint density at radius 1 is 1.00 bits per heavy atom. The third-order valence-electron chi connectivity index (χ3n) is 5.43. The molecule has 2 aromatic carbocycles. The van der Waals surface area contributed by atoms with Gasteiger partial charge in [0.05, 0.1) is 6.21 Å². The zero-order valence-corrected chi connectivity index (χ0v) is 20.3. The molecule has 0 saturated carbocycles. The Hall–Kier alpha value is -2.62. The molecule has 4 nitrogen and oxygen atoms in total. The second-order valence-electron chi connectivity index (χ2n) is 10.7. The van der Waals surface area contributed by atoms with E-state index in [2.05, 4.69) is 78.0 Å². The van der Waals surface area contributed by atoms with Gasteiger partial charge in [-0.3, -0.25) is 4.79 Å². The van der Waals surface area contributed by atoms with Gasteiger partial charge in [-0.05, 0) is 51.0 Å². The van der Waals surface area contributed by atoms with Gasteiger partial charge in [-0.15, -0.1) is 0 Å². The van der Waals surface area contributed by atoms with Crippen LogP contribution in [-0.2, 0) is 22.0 Å². The lowest BCUT2D eigenvalue weighted by atomic mass is 9.78. The van der Waals surface area contributed by atoms with Crippen LogP contribution in [0.2, 0.25) is 0 Å². The first-order valence-electron chi connectivity index (χ1n) is 11.1. The summed E-state index contributed by atoms with van der Waals surface area (Å²) in [5, 5.41) is 14.9. The van der Waals surface area contributed by atoms with E-state index in [9.17, 15) is 9.90 Å². The first-order valence-corrected chi connectivity index (χ1v) is 11.1. The van der Waals surface area contributed by atoms with Crippen molar-refractivity contribution in [1.29, 1.82) is 0 Å². The van der Waals surface area contributed by atoms with Crippen LogP contribution in [0.1, 0.15) is 95.5 Å². The fraction of sp³-hybridized carbons (Fsp3) is 0.481. The van der Waals surface area contributed by atoms with Gasteiger partial charge in [0.2, 0.25) is 5.91 Å². The number of aryl methyl sites for hydroxylation is 1. The van der Waals surface area contributed by atoms with E-state index >= 15 is 0 Å². The Labute approximate surface area is 187 Å². The van der Waals surface area contributed by atoms with Crippen molar-refractivity contribution in [2.24, 2.45) is 5.10 Å². The zero-order chi connectivity index (χ0) is 23.4. The number of carbonyl (C=O) groups excluding carboxylic acids is 1. The van der Waals surface area contributed by atoms with Gasteiger partial charge in [0.25, 0.3) is 0 Å². The number of benzene rings is 2. The molecule has 2 aromatic rings. The molecule has 0 aromatic heterocycles. The van der Waals surface area contributed by atoms with Crippen molar-refractivity contribution in [2.75, 3.05) is 0 Å². The molecule has 0 atom stereocenters. The normalized spacial score (nSPS) is 12.5. The fourth-order valence-electron chi connectivity index (χ4n) is 3.44. The van der Waals surface area contributed by atoms with Crippen molar-refractivity contribution in [2.45, 2.75) is 85.0 Å². The summed E-state index contributed by atoms with van der Waals surface area (Å²) in [6.45, 7) is 16.9. The molecule has 0 aliphatic rings. The van der Waals surface area contributed by atoms with E-state index in [4.69, 9.17) is 0 Å². The van der Waals surface area contributed by atoms with Crippen molar-refractivity contribution < 1.29 is 9.90 Å².